The van der Waals surface area contributed by atoms with E-state index < -0.39 is 23.9 Å². The molecule has 1 aliphatic carbocycles. The zero-order valence-electron chi connectivity index (χ0n) is 19.2. The van der Waals surface area contributed by atoms with Crippen molar-refractivity contribution < 1.29 is 23.5 Å². The first kappa shape index (κ1) is 23.4. The van der Waals surface area contributed by atoms with Crippen LogP contribution in [0.5, 0.6) is 11.5 Å². The van der Waals surface area contributed by atoms with Gasteiger partial charge in [0.25, 0.3) is 5.91 Å². The summed E-state index contributed by atoms with van der Waals surface area (Å²) in [5.41, 5.74) is 0.287. The Hall–Kier alpha value is -3.39. The first-order chi connectivity index (χ1) is 17.1. The van der Waals surface area contributed by atoms with Crippen molar-refractivity contribution in [3.05, 3.63) is 76.7 Å². The molecule has 0 bridgehead atoms. The van der Waals surface area contributed by atoms with E-state index in [9.17, 15) is 14.0 Å². The third-order valence-electron chi connectivity index (χ3n) is 6.38. The number of anilines is 1. The smallest absolute Gasteiger partial charge is 0.272 e. The number of nitrogens with one attached hydrogen (secondary N) is 1. The molecule has 6 nitrogen and oxygen atoms in total. The van der Waals surface area contributed by atoms with Crippen LogP contribution in [-0.4, -0.2) is 30.6 Å². The average molecular weight is 495 g/mol. The second kappa shape index (κ2) is 10.5. The lowest BCUT2D eigenvalue weighted by molar-refractivity contribution is -0.132. The zero-order chi connectivity index (χ0) is 24.2. The molecular weight excluding hydrogens is 467 g/mol. The molecule has 0 saturated heterocycles. The van der Waals surface area contributed by atoms with Gasteiger partial charge in [0.05, 0.1) is 0 Å². The maximum Gasteiger partial charge on any atom is 0.272 e. The molecule has 2 heterocycles. The number of nitrogens with zero attached hydrogens (tertiary/aromatic N) is 1. The molecule has 1 aromatic heterocycles. The number of amides is 2. The second-order valence-electron chi connectivity index (χ2n) is 8.81. The first-order valence-electron chi connectivity index (χ1n) is 11.9. The predicted molar refractivity (Wildman–Crippen MR) is 132 cm³/mol. The van der Waals surface area contributed by atoms with Gasteiger partial charge in [0.15, 0.2) is 11.5 Å². The van der Waals surface area contributed by atoms with Crippen LogP contribution in [0.1, 0.15) is 43.0 Å². The summed E-state index contributed by atoms with van der Waals surface area (Å²) in [4.78, 5) is 29.8. The van der Waals surface area contributed by atoms with Crippen LogP contribution < -0.4 is 19.7 Å². The molecule has 2 atom stereocenters. The van der Waals surface area contributed by atoms with Crippen molar-refractivity contribution >= 4 is 28.8 Å². The molecule has 1 aliphatic heterocycles. The highest BCUT2D eigenvalue weighted by Gasteiger charge is 2.40. The van der Waals surface area contributed by atoms with Crippen molar-refractivity contribution in [2.45, 2.75) is 50.3 Å². The standard InChI is InChI=1S/C27H27FN2O4S/c28-18-8-6-11-20(16-18)30(27(32)23-17-33-21-12-4-5-13-22(21)34-23)25(24-14-7-15-35-24)26(31)29-19-9-2-1-3-10-19/h4-8,11-16,19,23,25H,1-3,9-10,17H2,(H,29,31)/t23-,25-/m0/s1. The van der Waals surface area contributed by atoms with E-state index in [1.165, 1.54) is 34.4 Å². The number of rotatable bonds is 6. The van der Waals surface area contributed by atoms with Crippen molar-refractivity contribution in [1.29, 1.82) is 0 Å². The van der Waals surface area contributed by atoms with Gasteiger partial charge in [-0.25, -0.2) is 4.39 Å². The molecule has 0 spiro atoms. The van der Waals surface area contributed by atoms with Crippen LogP contribution in [-0.2, 0) is 9.59 Å². The molecule has 1 saturated carbocycles. The quantitative estimate of drug-likeness (QED) is 0.508. The molecule has 3 aromatic rings. The van der Waals surface area contributed by atoms with E-state index >= 15 is 0 Å². The van der Waals surface area contributed by atoms with Gasteiger partial charge < -0.3 is 14.8 Å². The van der Waals surface area contributed by atoms with Gasteiger partial charge in [0.2, 0.25) is 12.0 Å². The van der Waals surface area contributed by atoms with Crippen molar-refractivity contribution in [1.82, 2.24) is 5.32 Å². The van der Waals surface area contributed by atoms with E-state index in [1.807, 2.05) is 23.6 Å². The molecule has 5 rings (SSSR count). The fraction of sp³-hybridized carbons (Fsp3) is 0.333. The number of ether oxygens (including phenoxy) is 2. The lowest BCUT2D eigenvalue weighted by atomic mass is 9.95. The molecule has 0 radical (unpaired) electrons. The summed E-state index contributed by atoms with van der Waals surface area (Å²) in [5.74, 6) is -0.241. The van der Waals surface area contributed by atoms with Crippen molar-refractivity contribution in [2.75, 3.05) is 11.5 Å². The van der Waals surface area contributed by atoms with Crippen LogP contribution in [0.15, 0.2) is 66.0 Å². The van der Waals surface area contributed by atoms with Crippen LogP contribution in [0.25, 0.3) is 0 Å². The van der Waals surface area contributed by atoms with Gasteiger partial charge in [0.1, 0.15) is 18.5 Å². The number of hydrogen-bond acceptors (Lipinski definition) is 5. The second-order valence-corrected chi connectivity index (χ2v) is 9.79. The third kappa shape index (κ3) is 5.17. The van der Waals surface area contributed by atoms with Crippen LogP contribution >= 0.6 is 11.3 Å². The van der Waals surface area contributed by atoms with E-state index in [-0.39, 0.29) is 24.2 Å². The highest BCUT2D eigenvalue weighted by atomic mass is 32.1. The number of benzene rings is 2. The molecule has 8 heteroatoms. The van der Waals surface area contributed by atoms with Gasteiger partial charge in [-0.15, -0.1) is 11.3 Å². The molecule has 1 N–H and O–H groups in total. The Morgan fingerprint density at radius 1 is 1.00 bits per heavy atom. The third-order valence-corrected chi connectivity index (χ3v) is 7.30. The Balaban J connectivity index is 1.51. The number of hydrogen-bond donors (Lipinski definition) is 1. The molecular formula is C27H27FN2O4S. The lowest BCUT2D eigenvalue weighted by Crippen LogP contribution is -2.52. The number of carbonyl (C=O) groups is 2. The average Bonchev–Trinajstić information content (AvgIpc) is 3.41. The number of thiophene rings is 1. The highest BCUT2D eigenvalue weighted by molar-refractivity contribution is 7.10. The lowest BCUT2D eigenvalue weighted by Gasteiger charge is -2.35. The molecule has 35 heavy (non-hydrogen) atoms. The Kier molecular flexibility index (Phi) is 6.99. The van der Waals surface area contributed by atoms with E-state index in [0.29, 0.717) is 16.4 Å². The van der Waals surface area contributed by atoms with Crippen LogP contribution in [0.4, 0.5) is 10.1 Å². The Labute approximate surface area is 207 Å². The van der Waals surface area contributed by atoms with Crippen molar-refractivity contribution in [3.63, 3.8) is 0 Å². The topological polar surface area (TPSA) is 67.9 Å². The van der Waals surface area contributed by atoms with E-state index in [4.69, 9.17) is 9.47 Å². The summed E-state index contributed by atoms with van der Waals surface area (Å²) in [6.45, 7) is -0.0108. The summed E-state index contributed by atoms with van der Waals surface area (Å²) >= 11 is 1.38. The van der Waals surface area contributed by atoms with E-state index in [2.05, 4.69) is 5.32 Å². The predicted octanol–water partition coefficient (Wildman–Crippen LogP) is 5.25. The fourth-order valence-corrected chi connectivity index (χ4v) is 5.49. The van der Waals surface area contributed by atoms with E-state index in [1.54, 1.807) is 24.3 Å². The van der Waals surface area contributed by atoms with Gasteiger partial charge in [0, 0.05) is 16.6 Å². The van der Waals surface area contributed by atoms with Crippen LogP contribution in [0.2, 0.25) is 0 Å². The molecule has 0 unspecified atom stereocenters. The molecule has 2 aliphatic rings. The van der Waals surface area contributed by atoms with Crippen molar-refractivity contribution in [2.24, 2.45) is 0 Å². The summed E-state index contributed by atoms with van der Waals surface area (Å²) in [5, 5.41) is 5.02. The molecule has 2 aromatic carbocycles. The molecule has 2 amide bonds. The Morgan fingerprint density at radius 2 is 1.80 bits per heavy atom. The summed E-state index contributed by atoms with van der Waals surface area (Å²) in [6.07, 6.45) is 4.12. The molecule has 1 fully saturated rings. The van der Waals surface area contributed by atoms with Gasteiger partial charge in [-0.05, 0) is 54.6 Å². The Bertz CT molecular complexity index is 1180. The van der Waals surface area contributed by atoms with E-state index in [0.717, 1.165) is 32.1 Å². The van der Waals surface area contributed by atoms with Gasteiger partial charge >= 0.3 is 0 Å². The van der Waals surface area contributed by atoms with Gasteiger partial charge in [-0.1, -0.05) is 43.5 Å². The van der Waals surface area contributed by atoms with Crippen molar-refractivity contribution in [3.8, 4) is 11.5 Å². The van der Waals surface area contributed by atoms with Gasteiger partial charge in [-0.3, -0.25) is 14.5 Å². The van der Waals surface area contributed by atoms with Gasteiger partial charge in [-0.2, -0.15) is 0 Å². The minimum atomic E-state index is -0.988. The largest absolute Gasteiger partial charge is 0.485 e. The fourth-order valence-electron chi connectivity index (χ4n) is 4.67. The van der Waals surface area contributed by atoms with Crippen LogP contribution in [0.3, 0.4) is 0 Å². The SMILES string of the molecule is O=C(NC1CCCCC1)[C@H](c1cccs1)N(C(=O)[C@@H]1COc2ccccc2O1)c1cccc(F)c1. The number of halogens is 1. The first-order valence-corrected chi connectivity index (χ1v) is 12.8. The summed E-state index contributed by atoms with van der Waals surface area (Å²) in [7, 11) is 0. The summed E-state index contributed by atoms with van der Waals surface area (Å²) < 4.78 is 26.1. The zero-order valence-corrected chi connectivity index (χ0v) is 20.0. The maximum atomic E-state index is 14.3. The number of fused-ring (bicyclic) bond motifs is 1. The number of para-hydroxylation sites is 2. The monoisotopic (exact) mass is 494 g/mol. The molecule has 182 valence electrons. The Morgan fingerprint density at radius 3 is 2.54 bits per heavy atom. The minimum absolute atomic E-state index is 0.0108. The maximum absolute atomic E-state index is 14.3. The normalized spacial score (nSPS) is 18.5. The van der Waals surface area contributed by atoms with Crippen LogP contribution in [0, 0.1) is 5.82 Å². The summed E-state index contributed by atoms with van der Waals surface area (Å²) in [6, 6.07) is 15.6. The highest BCUT2D eigenvalue weighted by Crippen LogP contribution is 2.35. The number of carbonyl (C=O) groups excluding carboxylic acids is 2. The minimum Gasteiger partial charge on any atom is -0.485 e.